The fourth-order valence-electron chi connectivity index (χ4n) is 3.43. The lowest BCUT2D eigenvalue weighted by Crippen LogP contribution is -2.30. The van der Waals surface area contributed by atoms with Crippen molar-refractivity contribution in [3.05, 3.63) is 65.2 Å². The first-order chi connectivity index (χ1) is 12.0. The largest absolute Gasteiger partial charge is 0.497 e. The van der Waals surface area contributed by atoms with Crippen LogP contribution in [0, 0.1) is 12.8 Å². The molecular formula is C20H21NO4. The molecule has 1 aliphatic rings. The van der Waals surface area contributed by atoms with Crippen LogP contribution in [0.5, 0.6) is 5.75 Å². The molecule has 1 heterocycles. The summed E-state index contributed by atoms with van der Waals surface area (Å²) < 4.78 is 5.18. The van der Waals surface area contributed by atoms with Gasteiger partial charge in [-0.2, -0.15) is 0 Å². The first kappa shape index (κ1) is 17.0. The lowest BCUT2D eigenvalue weighted by Gasteiger charge is -2.18. The van der Waals surface area contributed by atoms with Gasteiger partial charge in [0.2, 0.25) is 0 Å². The van der Waals surface area contributed by atoms with E-state index in [0.717, 1.165) is 11.1 Å². The molecule has 2 unspecified atom stereocenters. The van der Waals surface area contributed by atoms with Crippen molar-refractivity contribution < 1.29 is 19.4 Å². The van der Waals surface area contributed by atoms with Crippen LogP contribution in [0.15, 0.2) is 48.5 Å². The van der Waals surface area contributed by atoms with Crippen LogP contribution in [-0.4, -0.2) is 42.1 Å². The molecule has 2 aromatic carbocycles. The molecule has 130 valence electrons. The van der Waals surface area contributed by atoms with Gasteiger partial charge in [0.25, 0.3) is 5.91 Å². The first-order valence-corrected chi connectivity index (χ1v) is 8.23. The van der Waals surface area contributed by atoms with Crippen molar-refractivity contribution in [2.45, 2.75) is 12.8 Å². The van der Waals surface area contributed by atoms with Crippen molar-refractivity contribution in [3.8, 4) is 5.75 Å². The SMILES string of the molecule is COc1ccc(C(=O)N2CC(C(=O)O)C(c3ccccc3)C2)c(C)c1. The fraction of sp³-hybridized carbons (Fsp3) is 0.300. The molecule has 1 saturated heterocycles. The van der Waals surface area contributed by atoms with Crippen LogP contribution >= 0.6 is 0 Å². The molecule has 0 radical (unpaired) electrons. The predicted octanol–water partition coefficient (Wildman–Crippen LogP) is 2.94. The molecule has 0 aromatic heterocycles. The van der Waals surface area contributed by atoms with Crippen molar-refractivity contribution >= 4 is 11.9 Å². The number of rotatable bonds is 4. The summed E-state index contributed by atoms with van der Waals surface area (Å²) in [6, 6.07) is 14.8. The van der Waals surface area contributed by atoms with E-state index < -0.39 is 11.9 Å². The summed E-state index contributed by atoms with van der Waals surface area (Å²) in [5.41, 5.74) is 2.36. The van der Waals surface area contributed by atoms with Crippen molar-refractivity contribution in [2.75, 3.05) is 20.2 Å². The van der Waals surface area contributed by atoms with Gasteiger partial charge in [0, 0.05) is 24.6 Å². The Morgan fingerprint density at radius 3 is 2.44 bits per heavy atom. The number of carbonyl (C=O) groups is 2. The van der Waals surface area contributed by atoms with Gasteiger partial charge in [0.05, 0.1) is 13.0 Å². The van der Waals surface area contributed by atoms with Gasteiger partial charge in [-0.05, 0) is 36.2 Å². The van der Waals surface area contributed by atoms with E-state index in [2.05, 4.69) is 0 Å². The van der Waals surface area contributed by atoms with E-state index in [4.69, 9.17) is 4.74 Å². The normalized spacial score (nSPS) is 19.7. The summed E-state index contributed by atoms with van der Waals surface area (Å²) in [7, 11) is 1.58. The molecule has 0 aliphatic carbocycles. The van der Waals surface area contributed by atoms with E-state index in [-0.39, 0.29) is 18.4 Å². The van der Waals surface area contributed by atoms with Gasteiger partial charge in [-0.15, -0.1) is 0 Å². The number of benzene rings is 2. The van der Waals surface area contributed by atoms with Gasteiger partial charge in [-0.1, -0.05) is 30.3 Å². The van der Waals surface area contributed by atoms with Gasteiger partial charge < -0.3 is 14.7 Å². The third-order valence-electron chi connectivity index (χ3n) is 4.82. The number of hydrogen-bond acceptors (Lipinski definition) is 3. The van der Waals surface area contributed by atoms with Gasteiger partial charge >= 0.3 is 5.97 Å². The van der Waals surface area contributed by atoms with E-state index in [1.807, 2.05) is 43.3 Å². The highest BCUT2D eigenvalue weighted by molar-refractivity contribution is 5.96. The molecule has 0 bridgehead atoms. The van der Waals surface area contributed by atoms with Crippen molar-refractivity contribution in [3.63, 3.8) is 0 Å². The molecule has 0 saturated carbocycles. The summed E-state index contributed by atoms with van der Waals surface area (Å²) in [5, 5.41) is 9.58. The number of carboxylic acids is 1. The first-order valence-electron chi connectivity index (χ1n) is 8.23. The minimum absolute atomic E-state index is 0.134. The van der Waals surface area contributed by atoms with Gasteiger partial charge in [0.1, 0.15) is 5.75 Å². The zero-order valence-corrected chi connectivity index (χ0v) is 14.3. The van der Waals surface area contributed by atoms with Crippen molar-refractivity contribution in [1.29, 1.82) is 0 Å². The Hall–Kier alpha value is -2.82. The number of hydrogen-bond donors (Lipinski definition) is 1. The zero-order valence-electron chi connectivity index (χ0n) is 14.3. The standard InChI is InChI=1S/C20H21NO4/c1-13-10-15(25-2)8-9-16(13)19(22)21-11-17(18(12-21)20(23)24)14-6-4-3-5-7-14/h3-10,17-18H,11-12H2,1-2H3,(H,23,24). The second kappa shape index (κ2) is 6.97. The van der Waals surface area contributed by atoms with Crippen LogP contribution in [0.25, 0.3) is 0 Å². The van der Waals surface area contributed by atoms with Gasteiger partial charge in [-0.3, -0.25) is 9.59 Å². The topological polar surface area (TPSA) is 66.8 Å². The summed E-state index contributed by atoms with van der Waals surface area (Å²) in [4.78, 5) is 26.2. The smallest absolute Gasteiger partial charge is 0.308 e. The molecule has 25 heavy (non-hydrogen) atoms. The molecule has 3 rings (SSSR count). The summed E-state index contributed by atoms with van der Waals surface area (Å²) in [6.07, 6.45) is 0. The number of carbonyl (C=O) groups excluding carboxylic acids is 1. The number of nitrogens with zero attached hydrogens (tertiary/aromatic N) is 1. The molecule has 2 atom stereocenters. The van der Waals surface area contributed by atoms with Crippen molar-refractivity contribution in [2.24, 2.45) is 5.92 Å². The van der Waals surface area contributed by atoms with Crippen molar-refractivity contribution in [1.82, 2.24) is 4.90 Å². The molecular weight excluding hydrogens is 318 g/mol. The number of ether oxygens (including phenoxy) is 1. The Morgan fingerprint density at radius 1 is 1.12 bits per heavy atom. The Morgan fingerprint density at radius 2 is 1.84 bits per heavy atom. The minimum atomic E-state index is -0.865. The third kappa shape index (κ3) is 3.36. The van der Waals surface area contributed by atoms with Crippen LogP contribution in [0.1, 0.15) is 27.4 Å². The minimum Gasteiger partial charge on any atom is -0.497 e. The lowest BCUT2D eigenvalue weighted by atomic mass is 9.89. The Kier molecular flexibility index (Phi) is 4.74. The van der Waals surface area contributed by atoms with Crippen LogP contribution < -0.4 is 4.74 Å². The van der Waals surface area contributed by atoms with Gasteiger partial charge in [-0.25, -0.2) is 0 Å². The molecule has 1 fully saturated rings. The highest BCUT2D eigenvalue weighted by Gasteiger charge is 2.40. The Balaban J connectivity index is 1.86. The number of likely N-dealkylation sites (tertiary alicyclic amines) is 1. The lowest BCUT2D eigenvalue weighted by molar-refractivity contribution is -0.141. The molecule has 1 amide bonds. The highest BCUT2D eigenvalue weighted by Crippen LogP contribution is 2.34. The molecule has 2 aromatic rings. The fourth-order valence-corrected chi connectivity index (χ4v) is 3.43. The molecule has 1 N–H and O–H groups in total. The van der Waals surface area contributed by atoms with E-state index in [1.54, 1.807) is 24.1 Å². The summed E-state index contributed by atoms with van der Waals surface area (Å²) in [5.74, 6) is -1.09. The third-order valence-corrected chi connectivity index (χ3v) is 4.82. The van der Waals surface area contributed by atoms with E-state index in [9.17, 15) is 14.7 Å². The average Bonchev–Trinajstić information content (AvgIpc) is 3.07. The Labute approximate surface area is 146 Å². The van der Waals surface area contributed by atoms with Crippen LogP contribution in [0.4, 0.5) is 0 Å². The number of carboxylic acid groups (broad SMARTS) is 1. The number of aryl methyl sites for hydroxylation is 1. The Bertz CT molecular complexity index is 788. The van der Waals surface area contributed by atoms with Gasteiger partial charge in [0.15, 0.2) is 0 Å². The maximum atomic E-state index is 12.9. The molecule has 5 nitrogen and oxygen atoms in total. The predicted molar refractivity (Wildman–Crippen MR) is 93.9 cm³/mol. The number of aliphatic carboxylic acids is 1. The second-order valence-corrected chi connectivity index (χ2v) is 6.35. The summed E-state index contributed by atoms with van der Waals surface area (Å²) >= 11 is 0. The molecule has 1 aliphatic heterocycles. The maximum absolute atomic E-state index is 12.9. The zero-order chi connectivity index (χ0) is 18.0. The molecule has 5 heteroatoms. The van der Waals surface area contributed by atoms with E-state index in [0.29, 0.717) is 17.9 Å². The van der Waals surface area contributed by atoms with E-state index >= 15 is 0 Å². The number of amides is 1. The van der Waals surface area contributed by atoms with Crippen LogP contribution in [0.3, 0.4) is 0 Å². The van der Waals surface area contributed by atoms with Crippen LogP contribution in [0.2, 0.25) is 0 Å². The number of methoxy groups -OCH3 is 1. The quantitative estimate of drug-likeness (QED) is 0.930. The second-order valence-electron chi connectivity index (χ2n) is 6.35. The average molecular weight is 339 g/mol. The van der Waals surface area contributed by atoms with Crippen LogP contribution in [-0.2, 0) is 4.79 Å². The van der Waals surface area contributed by atoms with E-state index in [1.165, 1.54) is 0 Å². The highest BCUT2D eigenvalue weighted by atomic mass is 16.5. The maximum Gasteiger partial charge on any atom is 0.308 e. The summed E-state index contributed by atoms with van der Waals surface area (Å²) in [6.45, 7) is 2.49. The molecule has 0 spiro atoms. The monoisotopic (exact) mass is 339 g/mol.